The lowest BCUT2D eigenvalue weighted by molar-refractivity contribution is 0.595. The third kappa shape index (κ3) is 2.92. The molecule has 17 heavy (non-hydrogen) atoms. The number of aryl methyl sites for hydroxylation is 1. The molecule has 0 bridgehead atoms. The lowest BCUT2D eigenvalue weighted by atomic mass is 10.1. The number of thiazole rings is 1. The van der Waals surface area contributed by atoms with Gasteiger partial charge >= 0.3 is 0 Å². The maximum atomic E-state index is 4.39. The van der Waals surface area contributed by atoms with E-state index in [1.54, 1.807) is 11.3 Å². The molecule has 2 aromatic rings. The zero-order valence-electron chi connectivity index (χ0n) is 10.3. The molecule has 2 aromatic heterocycles. The second kappa shape index (κ2) is 5.93. The zero-order chi connectivity index (χ0) is 12.1. The largest absolute Gasteiger partial charge is 0.305 e. The molecule has 0 saturated carbocycles. The number of rotatable bonds is 6. The number of hydrogen-bond acceptors (Lipinski definition) is 4. The summed E-state index contributed by atoms with van der Waals surface area (Å²) in [5.74, 6) is 0. The van der Waals surface area contributed by atoms with Crippen LogP contribution < -0.4 is 5.32 Å². The Morgan fingerprint density at radius 2 is 2.35 bits per heavy atom. The molecule has 0 amide bonds. The molecular formula is C12H18N4S. The Labute approximate surface area is 106 Å². The summed E-state index contributed by atoms with van der Waals surface area (Å²) in [6.07, 6.45) is 5.14. The van der Waals surface area contributed by atoms with Gasteiger partial charge in [-0.05, 0) is 13.0 Å². The molecule has 0 aromatic carbocycles. The van der Waals surface area contributed by atoms with E-state index in [-0.39, 0.29) is 6.04 Å². The fourth-order valence-electron chi connectivity index (χ4n) is 1.84. The molecule has 0 saturated heterocycles. The molecule has 1 unspecified atom stereocenters. The summed E-state index contributed by atoms with van der Waals surface area (Å²) in [4.78, 5) is 4.39. The molecule has 0 aliphatic heterocycles. The third-order valence-electron chi connectivity index (χ3n) is 2.59. The second-order valence-electron chi connectivity index (χ2n) is 3.94. The van der Waals surface area contributed by atoms with Crippen molar-refractivity contribution < 1.29 is 0 Å². The Hall–Kier alpha value is -1.20. The lowest BCUT2D eigenvalue weighted by Gasteiger charge is -2.13. The van der Waals surface area contributed by atoms with Gasteiger partial charge in [-0.25, -0.2) is 4.98 Å². The lowest BCUT2D eigenvalue weighted by Crippen LogP contribution is -2.21. The van der Waals surface area contributed by atoms with Crippen molar-refractivity contribution in [1.29, 1.82) is 0 Å². The number of nitrogens with zero attached hydrogens (tertiary/aromatic N) is 3. The van der Waals surface area contributed by atoms with E-state index in [9.17, 15) is 0 Å². The smallest absolute Gasteiger partial charge is 0.0795 e. The number of hydrogen-bond donors (Lipinski definition) is 1. The van der Waals surface area contributed by atoms with Crippen LogP contribution in [-0.2, 0) is 6.54 Å². The van der Waals surface area contributed by atoms with E-state index in [2.05, 4.69) is 40.8 Å². The van der Waals surface area contributed by atoms with E-state index >= 15 is 0 Å². The van der Waals surface area contributed by atoms with E-state index < -0.39 is 0 Å². The molecular weight excluding hydrogens is 232 g/mol. The van der Waals surface area contributed by atoms with Crippen molar-refractivity contribution in [3.63, 3.8) is 0 Å². The first-order valence-corrected chi connectivity index (χ1v) is 6.93. The predicted octanol–water partition coefficient (Wildman–Crippen LogP) is 2.45. The van der Waals surface area contributed by atoms with Gasteiger partial charge in [-0.2, -0.15) is 5.10 Å². The van der Waals surface area contributed by atoms with Crippen molar-refractivity contribution in [3.8, 4) is 0 Å². The minimum atomic E-state index is 0.164. The van der Waals surface area contributed by atoms with Crippen LogP contribution >= 0.6 is 11.3 Å². The van der Waals surface area contributed by atoms with E-state index in [0.29, 0.717) is 0 Å². The Kier molecular flexibility index (Phi) is 4.28. The summed E-state index contributed by atoms with van der Waals surface area (Å²) in [6, 6.07) is 0.164. The number of aromatic nitrogens is 3. The Balaban J connectivity index is 2.20. The maximum absolute atomic E-state index is 4.39. The molecule has 2 rings (SSSR count). The quantitative estimate of drug-likeness (QED) is 0.856. The van der Waals surface area contributed by atoms with Crippen molar-refractivity contribution >= 4 is 11.3 Å². The van der Waals surface area contributed by atoms with E-state index in [0.717, 1.165) is 25.2 Å². The normalized spacial score (nSPS) is 12.8. The van der Waals surface area contributed by atoms with Crippen LogP contribution in [0.2, 0.25) is 0 Å². The van der Waals surface area contributed by atoms with Crippen LogP contribution in [0.1, 0.15) is 37.6 Å². The first-order chi connectivity index (χ1) is 8.35. The van der Waals surface area contributed by atoms with E-state index in [1.165, 1.54) is 5.56 Å². The van der Waals surface area contributed by atoms with Gasteiger partial charge in [0.15, 0.2) is 0 Å². The Morgan fingerprint density at radius 3 is 3.00 bits per heavy atom. The molecule has 1 N–H and O–H groups in total. The topological polar surface area (TPSA) is 42.7 Å². The summed E-state index contributed by atoms with van der Waals surface area (Å²) >= 11 is 1.63. The summed E-state index contributed by atoms with van der Waals surface area (Å²) in [7, 11) is 0. The summed E-state index contributed by atoms with van der Waals surface area (Å²) < 4.78 is 1.99. The fraction of sp³-hybridized carbons (Fsp3) is 0.500. The molecule has 0 aliphatic rings. The fourth-order valence-corrected chi connectivity index (χ4v) is 2.42. The minimum absolute atomic E-state index is 0.164. The number of nitrogens with one attached hydrogen (secondary N) is 1. The molecule has 0 aliphatic carbocycles. The standard InChI is InChI=1S/C12H18N4S/c1-3-5-16-7-10(6-15-16)12(13-4-2)11-8-17-9-14-11/h6-9,12-13H,3-5H2,1-2H3. The van der Waals surface area contributed by atoms with Crippen molar-refractivity contribution in [2.45, 2.75) is 32.9 Å². The molecule has 92 valence electrons. The van der Waals surface area contributed by atoms with Gasteiger partial charge < -0.3 is 5.32 Å². The summed E-state index contributed by atoms with van der Waals surface area (Å²) in [5.41, 5.74) is 4.13. The Bertz CT molecular complexity index is 435. The van der Waals surface area contributed by atoms with Crippen molar-refractivity contribution in [3.05, 3.63) is 34.5 Å². The van der Waals surface area contributed by atoms with Gasteiger partial charge in [0, 0.05) is 23.7 Å². The zero-order valence-corrected chi connectivity index (χ0v) is 11.1. The highest BCUT2D eigenvalue weighted by Crippen LogP contribution is 2.21. The molecule has 4 nitrogen and oxygen atoms in total. The highest BCUT2D eigenvalue weighted by atomic mass is 32.1. The van der Waals surface area contributed by atoms with Gasteiger partial charge in [-0.1, -0.05) is 13.8 Å². The molecule has 1 atom stereocenters. The predicted molar refractivity (Wildman–Crippen MR) is 70.2 cm³/mol. The molecule has 0 spiro atoms. The second-order valence-corrected chi connectivity index (χ2v) is 4.66. The Morgan fingerprint density at radius 1 is 1.47 bits per heavy atom. The molecule has 0 fully saturated rings. The first-order valence-electron chi connectivity index (χ1n) is 5.99. The van der Waals surface area contributed by atoms with Crippen molar-refractivity contribution in [1.82, 2.24) is 20.1 Å². The van der Waals surface area contributed by atoms with Crippen molar-refractivity contribution in [2.24, 2.45) is 0 Å². The van der Waals surface area contributed by atoms with E-state index in [1.807, 2.05) is 16.4 Å². The van der Waals surface area contributed by atoms with Gasteiger partial charge in [0.1, 0.15) is 0 Å². The summed E-state index contributed by atoms with van der Waals surface area (Å²) in [6.45, 7) is 6.15. The van der Waals surface area contributed by atoms with Gasteiger partial charge in [0.25, 0.3) is 0 Å². The maximum Gasteiger partial charge on any atom is 0.0795 e. The van der Waals surface area contributed by atoms with Crippen LogP contribution in [0.4, 0.5) is 0 Å². The van der Waals surface area contributed by atoms with Gasteiger partial charge in [0.2, 0.25) is 0 Å². The molecule has 2 heterocycles. The van der Waals surface area contributed by atoms with Gasteiger partial charge in [-0.15, -0.1) is 11.3 Å². The van der Waals surface area contributed by atoms with Crippen LogP contribution in [0.3, 0.4) is 0 Å². The first kappa shape index (κ1) is 12.3. The average Bonchev–Trinajstić information content (AvgIpc) is 2.97. The van der Waals surface area contributed by atoms with Gasteiger partial charge in [-0.3, -0.25) is 4.68 Å². The van der Waals surface area contributed by atoms with E-state index in [4.69, 9.17) is 0 Å². The minimum Gasteiger partial charge on any atom is -0.305 e. The monoisotopic (exact) mass is 250 g/mol. The van der Waals surface area contributed by atoms with Crippen molar-refractivity contribution in [2.75, 3.05) is 6.54 Å². The highest BCUT2D eigenvalue weighted by molar-refractivity contribution is 7.07. The molecule has 0 radical (unpaired) electrons. The van der Waals surface area contributed by atoms with Crippen LogP contribution in [0.25, 0.3) is 0 Å². The van der Waals surface area contributed by atoms with Crippen LogP contribution in [0.15, 0.2) is 23.3 Å². The van der Waals surface area contributed by atoms with Crippen LogP contribution in [-0.4, -0.2) is 21.3 Å². The van der Waals surface area contributed by atoms with Crippen LogP contribution in [0, 0.1) is 0 Å². The highest BCUT2D eigenvalue weighted by Gasteiger charge is 2.16. The third-order valence-corrected chi connectivity index (χ3v) is 3.20. The molecule has 5 heteroatoms. The summed E-state index contributed by atoms with van der Waals surface area (Å²) in [5, 5.41) is 9.91. The SMILES string of the molecule is CCCn1cc(C(NCC)c2cscn2)cn1. The van der Waals surface area contributed by atoms with Gasteiger partial charge in [0.05, 0.1) is 23.4 Å². The average molecular weight is 250 g/mol. The van der Waals surface area contributed by atoms with Crippen LogP contribution in [0.5, 0.6) is 0 Å².